The number of nitrogens with two attached hydrogens (primary N) is 2. The Hall–Kier alpha value is -4.72. The zero-order chi connectivity index (χ0) is 30.1. The fourth-order valence-electron chi connectivity index (χ4n) is 4.22. The van der Waals surface area contributed by atoms with Gasteiger partial charge in [-0.2, -0.15) is 0 Å². The average Bonchev–Trinajstić information content (AvgIpc) is 3.59. The maximum Gasteiger partial charge on any atom is 0.326 e. The topological polar surface area (TPSA) is 238 Å². The van der Waals surface area contributed by atoms with Gasteiger partial charge in [0.15, 0.2) is 0 Å². The van der Waals surface area contributed by atoms with Gasteiger partial charge in [-0.05, 0) is 24.0 Å². The van der Waals surface area contributed by atoms with E-state index in [1.165, 1.54) is 12.5 Å². The second-order valence-corrected chi connectivity index (χ2v) is 10.1. The summed E-state index contributed by atoms with van der Waals surface area (Å²) in [6, 6.07) is 2.67. The molecule has 0 aliphatic rings. The molecule has 0 saturated carbocycles. The molecule has 2 heterocycles. The maximum atomic E-state index is 13.5. The number of H-pyrrole nitrogens is 2. The Morgan fingerprint density at radius 1 is 0.927 bits per heavy atom. The molecule has 14 heteroatoms. The lowest BCUT2D eigenvalue weighted by molar-refractivity contribution is -0.142. The monoisotopic (exact) mass is 568 g/mol. The molecule has 14 nitrogen and oxygen atoms in total. The molecule has 4 unspecified atom stereocenters. The number of rotatable bonds is 15. The molecule has 0 aliphatic carbocycles. The molecule has 4 atom stereocenters. The van der Waals surface area contributed by atoms with Crippen molar-refractivity contribution in [3.8, 4) is 0 Å². The molecule has 1 aromatic carbocycles. The van der Waals surface area contributed by atoms with Crippen LogP contribution in [0, 0.1) is 5.92 Å². The van der Waals surface area contributed by atoms with Crippen LogP contribution in [0.3, 0.4) is 0 Å². The van der Waals surface area contributed by atoms with E-state index in [0.717, 1.165) is 10.9 Å². The molecule has 0 bridgehead atoms. The minimum Gasteiger partial charge on any atom is -0.480 e. The Morgan fingerprint density at radius 2 is 1.59 bits per heavy atom. The van der Waals surface area contributed by atoms with Gasteiger partial charge in [-0.1, -0.05) is 32.0 Å². The van der Waals surface area contributed by atoms with Gasteiger partial charge in [-0.15, -0.1) is 0 Å². The Morgan fingerprint density at radius 3 is 2.22 bits per heavy atom. The highest BCUT2D eigenvalue weighted by molar-refractivity contribution is 5.95. The van der Waals surface area contributed by atoms with E-state index in [0.29, 0.717) is 11.3 Å². The number of primary amides is 1. The number of para-hydroxylation sites is 1. The molecule has 220 valence electrons. The van der Waals surface area contributed by atoms with Gasteiger partial charge in [0.2, 0.25) is 23.6 Å². The summed E-state index contributed by atoms with van der Waals surface area (Å²) in [5.74, 6) is -4.29. The summed E-state index contributed by atoms with van der Waals surface area (Å²) in [4.78, 5) is 72.7. The Balaban J connectivity index is 1.87. The first kappa shape index (κ1) is 30.8. The van der Waals surface area contributed by atoms with E-state index in [4.69, 9.17) is 11.5 Å². The summed E-state index contributed by atoms with van der Waals surface area (Å²) in [6.07, 6.45) is 4.13. The first-order valence-electron chi connectivity index (χ1n) is 13.2. The van der Waals surface area contributed by atoms with Crippen molar-refractivity contribution in [2.24, 2.45) is 17.4 Å². The SMILES string of the molecule is CC(C)C(N)C(=O)NC(CCC(N)=O)C(=O)NC(Cc1c[nH]c2ccccc12)C(=O)NC(Cc1cnc[nH]1)C(=O)O. The van der Waals surface area contributed by atoms with E-state index < -0.39 is 53.8 Å². The molecular weight excluding hydrogens is 532 g/mol. The van der Waals surface area contributed by atoms with Gasteiger partial charge in [0, 0.05) is 48.3 Å². The second-order valence-electron chi connectivity index (χ2n) is 10.1. The third kappa shape index (κ3) is 8.63. The largest absolute Gasteiger partial charge is 0.480 e. The molecular formula is C27H36N8O6. The van der Waals surface area contributed by atoms with E-state index in [-0.39, 0.29) is 31.6 Å². The summed E-state index contributed by atoms with van der Waals surface area (Å²) in [5, 5.41) is 18.2. The van der Waals surface area contributed by atoms with Crippen LogP contribution in [0.2, 0.25) is 0 Å². The van der Waals surface area contributed by atoms with Gasteiger partial charge < -0.3 is 42.5 Å². The van der Waals surface area contributed by atoms with Crippen LogP contribution in [0.1, 0.15) is 37.9 Å². The number of carboxylic acids is 1. The van der Waals surface area contributed by atoms with Crippen LogP contribution in [0.25, 0.3) is 10.9 Å². The van der Waals surface area contributed by atoms with Crippen LogP contribution >= 0.6 is 0 Å². The number of carboxylic acid groups (broad SMARTS) is 1. The van der Waals surface area contributed by atoms with E-state index in [1.807, 2.05) is 24.3 Å². The third-order valence-electron chi connectivity index (χ3n) is 6.66. The number of nitrogens with zero attached hydrogens (tertiary/aromatic N) is 1. The zero-order valence-corrected chi connectivity index (χ0v) is 22.8. The predicted octanol–water partition coefficient (Wildman–Crippen LogP) is -0.536. The van der Waals surface area contributed by atoms with Crippen molar-refractivity contribution in [1.29, 1.82) is 0 Å². The Labute approximate surface area is 236 Å². The summed E-state index contributed by atoms with van der Waals surface area (Å²) in [7, 11) is 0. The molecule has 0 saturated heterocycles. The van der Waals surface area contributed by atoms with Crippen LogP contribution in [0.15, 0.2) is 43.0 Å². The van der Waals surface area contributed by atoms with Crippen LogP contribution in [0.5, 0.6) is 0 Å². The molecule has 3 aromatic rings. The number of nitrogens with one attached hydrogen (secondary N) is 5. The van der Waals surface area contributed by atoms with E-state index >= 15 is 0 Å². The van der Waals surface area contributed by atoms with Gasteiger partial charge in [-0.3, -0.25) is 19.2 Å². The first-order chi connectivity index (χ1) is 19.5. The predicted molar refractivity (Wildman–Crippen MR) is 149 cm³/mol. The van der Waals surface area contributed by atoms with Crippen LogP contribution in [-0.2, 0) is 36.8 Å². The van der Waals surface area contributed by atoms with Crippen LogP contribution in [0.4, 0.5) is 0 Å². The van der Waals surface area contributed by atoms with Crippen molar-refractivity contribution in [2.45, 2.75) is 63.7 Å². The number of carbonyl (C=O) groups excluding carboxylic acids is 4. The fraction of sp³-hybridized carbons (Fsp3) is 0.407. The van der Waals surface area contributed by atoms with E-state index in [9.17, 15) is 29.1 Å². The molecule has 4 amide bonds. The molecule has 2 aromatic heterocycles. The number of fused-ring (bicyclic) bond motifs is 1. The molecule has 0 spiro atoms. The lowest BCUT2D eigenvalue weighted by Gasteiger charge is -2.25. The fourth-order valence-corrected chi connectivity index (χ4v) is 4.22. The van der Waals surface area contributed by atoms with Crippen molar-refractivity contribution in [3.63, 3.8) is 0 Å². The van der Waals surface area contributed by atoms with Crippen molar-refractivity contribution in [3.05, 3.63) is 54.2 Å². The van der Waals surface area contributed by atoms with Crippen LogP contribution in [-0.4, -0.2) is 73.8 Å². The maximum absolute atomic E-state index is 13.5. The van der Waals surface area contributed by atoms with Gasteiger partial charge in [0.25, 0.3) is 0 Å². The number of amides is 4. The van der Waals surface area contributed by atoms with Crippen molar-refractivity contribution in [1.82, 2.24) is 30.9 Å². The second kappa shape index (κ2) is 14.1. The molecule has 0 aliphatic heterocycles. The third-order valence-corrected chi connectivity index (χ3v) is 6.66. The molecule has 0 radical (unpaired) electrons. The number of hydrogen-bond acceptors (Lipinski definition) is 7. The Bertz CT molecular complexity index is 1370. The highest BCUT2D eigenvalue weighted by Gasteiger charge is 2.31. The number of hydrogen-bond donors (Lipinski definition) is 8. The highest BCUT2D eigenvalue weighted by Crippen LogP contribution is 2.19. The summed E-state index contributed by atoms with van der Waals surface area (Å²) in [6.45, 7) is 3.48. The number of aromatic nitrogens is 3. The molecule has 3 rings (SSSR count). The van der Waals surface area contributed by atoms with Gasteiger partial charge in [0.05, 0.1) is 12.4 Å². The number of aliphatic carboxylic acids is 1. The number of imidazole rings is 1. The minimum atomic E-state index is -1.32. The Kier molecular flexibility index (Phi) is 10.6. The van der Waals surface area contributed by atoms with Crippen molar-refractivity contribution in [2.75, 3.05) is 0 Å². The van der Waals surface area contributed by atoms with Crippen molar-refractivity contribution < 1.29 is 29.1 Å². The summed E-state index contributed by atoms with van der Waals surface area (Å²) >= 11 is 0. The first-order valence-corrected chi connectivity index (χ1v) is 13.2. The summed E-state index contributed by atoms with van der Waals surface area (Å²) < 4.78 is 0. The number of benzene rings is 1. The normalized spacial score (nSPS) is 14.1. The average molecular weight is 569 g/mol. The molecule has 0 fully saturated rings. The molecule has 41 heavy (non-hydrogen) atoms. The zero-order valence-electron chi connectivity index (χ0n) is 22.8. The van der Waals surface area contributed by atoms with Crippen LogP contribution < -0.4 is 27.4 Å². The van der Waals surface area contributed by atoms with Gasteiger partial charge in [0.1, 0.15) is 18.1 Å². The van der Waals surface area contributed by atoms with E-state index in [2.05, 4.69) is 30.9 Å². The minimum absolute atomic E-state index is 0.0000227. The quantitative estimate of drug-likeness (QED) is 0.118. The molecule has 10 N–H and O–H groups in total. The lowest BCUT2D eigenvalue weighted by Crippen LogP contribution is -2.58. The lowest BCUT2D eigenvalue weighted by atomic mass is 10.0. The van der Waals surface area contributed by atoms with Gasteiger partial charge >= 0.3 is 5.97 Å². The standard InChI is InChI=1S/C27H36N8O6/c1-14(2)23(29)26(39)33-19(7-8-22(28)36)24(37)34-20(9-15-11-31-18-6-4-3-5-17(15)18)25(38)35-21(27(40)41)10-16-12-30-13-32-16/h3-6,11-14,19-21,23,31H,7-10,29H2,1-2H3,(H2,28,36)(H,30,32)(H,33,39)(H,34,37)(H,35,38)(H,40,41). The smallest absolute Gasteiger partial charge is 0.326 e. The number of carbonyl (C=O) groups is 5. The van der Waals surface area contributed by atoms with Gasteiger partial charge in [-0.25, -0.2) is 9.78 Å². The van der Waals surface area contributed by atoms with Crippen molar-refractivity contribution >= 4 is 40.5 Å². The highest BCUT2D eigenvalue weighted by atomic mass is 16.4. The summed E-state index contributed by atoms with van der Waals surface area (Å²) in [5.41, 5.74) is 13.2. The van der Waals surface area contributed by atoms with E-state index in [1.54, 1.807) is 20.0 Å². The number of aromatic amines is 2.